The zero-order valence-corrected chi connectivity index (χ0v) is 9.73. The number of hydrogen-bond donors (Lipinski definition) is 1. The van der Waals surface area contributed by atoms with Crippen molar-refractivity contribution in [2.75, 3.05) is 19.6 Å². The molecule has 78 valence electrons. The maximum atomic E-state index is 3.46. The summed E-state index contributed by atoms with van der Waals surface area (Å²) in [5.74, 6) is 0. The second kappa shape index (κ2) is 4.43. The van der Waals surface area contributed by atoms with E-state index in [-0.39, 0.29) is 0 Å². The van der Waals surface area contributed by atoms with E-state index < -0.39 is 0 Å². The molecule has 1 N–H and O–H groups in total. The molecule has 0 bridgehead atoms. The molecule has 0 unspecified atom stereocenters. The van der Waals surface area contributed by atoms with E-state index >= 15 is 0 Å². The number of thiophene rings is 1. The van der Waals surface area contributed by atoms with Gasteiger partial charge < -0.3 is 5.32 Å². The fourth-order valence-electron chi connectivity index (χ4n) is 1.99. The number of piperazine rings is 1. The maximum absolute atomic E-state index is 3.46. The summed E-state index contributed by atoms with van der Waals surface area (Å²) in [6.07, 6.45) is 0. The topological polar surface area (TPSA) is 15.3 Å². The van der Waals surface area contributed by atoms with Crippen LogP contribution >= 0.6 is 11.3 Å². The van der Waals surface area contributed by atoms with Crippen molar-refractivity contribution in [2.24, 2.45) is 0 Å². The van der Waals surface area contributed by atoms with Crippen molar-refractivity contribution < 1.29 is 0 Å². The molecule has 1 aromatic rings. The zero-order valence-electron chi connectivity index (χ0n) is 8.92. The third-order valence-electron chi connectivity index (χ3n) is 2.64. The van der Waals surface area contributed by atoms with Gasteiger partial charge in [-0.15, -0.1) is 11.3 Å². The Labute approximate surface area is 89.9 Å². The summed E-state index contributed by atoms with van der Waals surface area (Å²) in [6.45, 7) is 9.04. The van der Waals surface area contributed by atoms with Gasteiger partial charge in [0.15, 0.2) is 0 Å². The van der Waals surface area contributed by atoms with E-state index in [0.717, 1.165) is 13.1 Å². The molecule has 0 radical (unpaired) electrons. The van der Waals surface area contributed by atoms with Crippen LogP contribution in [0, 0.1) is 6.92 Å². The number of nitrogens with zero attached hydrogens (tertiary/aromatic N) is 1. The average Bonchev–Trinajstić information content (AvgIpc) is 2.51. The molecule has 3 heteroatoms. The minimum atomic E-state index is 0.642. The predicted molar refractivity (Wildman–Crippen MR) is 61.8 cm³/mol. The molecule has 0 aliphatic carbocycles. The van der Waals surface area contributed by atoms with Crippen molar-refractivity contribution in [3.8, 4) is 0 Å². The first-order valence-corrected chi connectivity index (χ1v) is 6.12. The molecule has 1 fully saturated rings. The van der Waals surface area contributed by atoms with Crippen molar-refractivity contribution in [3.05, 3.63) is 21.9 Å². The monoisotopic (exact) mass is 210 g/mol. The Morgan fingerprint density at radius 2 is 2.50 bits per heavy atom. The quantitative estimate of drug-likeness (QED) is 0.801. The number of aryl methyl sites for hydroxylation is 1. The van der Waals surface area contributed by atoms with Crippen LogP contribution in [0.3, 0.4) is 0 Å². The van der Waals surface area contributed by atoms with Crippen molar-refractivity contribution >= 4 is 11.3 Å². The van der Waals surface area contributed by atoms with Crippen LogP contribution < -0.4 is 5.32 Å². The Balaban J connectivity index is 1.90. The lowest BCUT2D eigenvalue weighted by atomic mass is 10.2. The van der Waals surface area contributed by atoms with Gasteiger partial charge in [0, 0.05) is 37.1 Å². The van der Waals surface area contributed by atoms with E-state index in [0.29, 0.717) is 6.04 Å². The van der Waals surface area contributed by atoms with Crippen molar-refractivity contribution in [1.29, 1.82) is 0 Å². The molecule has 0 saturated carbocycles. The smallest absolute Gasteiger partial charge is 0.0243 e. The van der Waals surface area contributed by atoms with Gasteiger partial charge in [0.2, 0.25) is 0 Å². The minimum absolute atomic E-state index is 0.642. The maximum Gasteiger partial charge on any atom is 0.0243 e. The fourth-order valence-corrected chi connectivity index (χ4v) is 2.69. The highest BCUT2D eigenvalue weighted by atomic mass is 32.1. The van der Waals surface area contributed by atoms with Gasteiger partial charge >= 0.3 is 0 Å². The van der Waals surface area contributed by atoms with Crippen molar-refractivity contribution in [1.82, 2.24) is 10.2 Å². The van der Waals surface area contributed by atoms with Crippen LogP contribution in [-0.2, 0) is 6.54 Å². The van der Waals surface area contributed by atoms with E-state index in [4.69, 9.17) is 0 Å². The Hall–Kier alpha value is -0.380. The molecule has 1 aliphatic heterocycles. The van der Waals surface area contributed by atoms with Gasteiger partial charge in [0.1, 0.15) is 0 Å². The first-order chi connectivity index (χ1) is 6.74. The van der Waals surface area contributed by atoms with Gasteiger partial charge in [-0.1, -0.05) is 0 Å². The Kier molecular flexibility index (Phi) is 3.21. The van der Waals surface area contributed by atoms with Crippen molar-refractivity contribution in [2.45, 2.75) is 26.4 Å². The van der Waals surface area contributed by atoms with Gasteiger partial charge in [-0.3, -0.25) is 4.90 Å². The third kappa shape index (κ3) is 2.56. The summed E-state index contributed by atoms with van der Waals surface area (Å²) in [6, 6.07) is 2.95. The summed E-state index contributed by atoms with van der Waals surface area (Å²) in [5, 5.41) is 5.74. The Morgan fingerprint density at radius 3 is 3.14 bits per heavy atom. The molecule has 2 heterocycles. The first kappa shape index (κ1) is 10.1. The molecule has 1 atom stereocenters. The number of hydrogen-bond acceptors (Lipinski definition) is 3. The highest BCUT2D eigenvalue weighted by Crippen LogP contribution is 2.15. The van der Waals surface area contributed by atoms with Gasteiger partial charge in [-0.25, -0.2) is 0 Å². The van der Waals surface area contributed by atoms with E-state index in [1.165, 1.54) is 23.5 Å². The predicted octanol–water partition coefficient (Wildman–Crippen LogP) is 1.85. The molecule has 1 aromatic heterocycles. The summed E-state index contributed by atoms with van der Waals surface area (Å²) >= 11 is 1.85. The molecule has 1 saturated heterocycles. The lowest BCUT2D eigenvalue weighted by molar-refractivity contribution is 0.200. The van der Waals surface area contributed by atoms with Crippen LogP contribution in [0.25, 0.3) is 0 Å². The molecule has 0 spiro atoms. The highest BCUT2D eigenvalue weighted by molar-refractivity contribution is 7.10. The number of rotatable bonds is 2. The molecule has 0 aromatic carbocycles. The second-order valence-electron chi connectivity index (χ2n) is 4.16. The van der Waals surface area contributed by atoms with Crippen LogP contribution in [0.4, 0.5) is 0 Å². The average molecular weight is 210 g/mol. The third-order valence-corrected chi connectivity index (χ3v) is 3.55. The summed E-state index contributed by atoms with van der Waals surface area (Å²) in [5.41, 5.74) is 1.47. The number of nitrogens with one attached hydrogen (secondary N) is 1. The van der Waals surface area contributed by atoms with Crippen LogP contribution in [0.2, 0.25) is 0 Å². The first-order valence-electron chi connectivity index (χ1n) is 5.24. The normalized spacial score (nSPS) is 24.0. The van der Waals surface area contributed by atoms with E-state index in [1.807, 2.05) is 11.3 Å². The van der Waals surface area contributed by atoms with Gasteiger partial charge in [0.25, 0.3) is 0 Å². The molecule has 1 aliphatic rings. The molecule has 2 nitrogen and oxygen atoms in total. The molecule has 2 rings (SSSR count). The van der Waals surface area contributed by atoms with Crippen LogP contribution in [0.15, 0.2) is 11.4 Å². The van der Waals surface area contributed by atoms with Crippen LogP contribution in [0.5, 0.6) is 0 Å². The molecular formula is C11H18N2S. The zero-order chi connectivity index (χ0) is 9.97. The molecular weight excluding hydrogens is 192 g/mol. The summed E-state index contributed by atoms with van der Waals surface area (Å²) in [7, 11) is 0. The Bertz CT molecular complexity index is 295. The molecule has 0 amide bonds. The van der Waals surface area contributed by atoms with Gasteiger partial charge in [0.05, 0.1) is 0 Å². The van der Waals surface area contributed by atoms with Crippen LogP contribution in [0.1, 0.15) is 17.4 Å². The summed E-state index contributed by atoms with van der Waals surface area (Å²) < 4.78 is 0. The highest BCUT2D eigenvalue weighted by Gasteiger charge is 2.15. The van der Waals surface area contributed by atoms with Crippen molar-refractivity contribution in [3.63, 3.8) is 0 Å². The largest absolute Gasteiger partial charge is 0.312 e. The second-order valence-corrected chi connectivity index (χ2v) is 5.27. The Morgan fingerprint density at radius 1 is 1.64 bits per heavy atom. The van der Waals surface area contributed by atoms with Gasteiger partial charge in [-0.2, -0.15) is 0 Å². The van der Waals surface area contributed by atoms with Crippen LogP contribution in [-0.4, -0.2) is 30.6 Å². The molecule has 14 heavy (non-hydrogen) atoms. The standard InChI is InChI=1S/C11H18N2S/c1-9-6-13(4-3-12-9)7-11-5-10(2)14-8-11/h5,8-9,12H,3-4,6-7H2,1-2H3/t9-/m1/s1. The fraction of sp³-hybridized carbons (Fsp3) is 0.636. The lowest BCUT2D eigenvalue weighted by Crippen LogP contribution is -2.48. The summed E-state index contributed by atoms with van der Waals surface area (Å²) in [4.78, 5) is 3.95. The van der Waals surface area contributed by atoms with E-state index in [9.17, 15) is 0 Å². The van der Waals surface area contributed by atoms with E-state index in [2.05, 4.69) is 35.5 Å². The SMILES string of the molecule is Cc1cc(CN2CCN[C@H](C)C2)cs1. The van der Waals surface area contributed by atoms with E-state index in [1.54, 1.807) is 0 Å². The minimum Gasteiger partial charge on any atom is -0.312 e. The van der Waals surface area contributed by atoms with Gasteiger partial charge in [-0.05, 0) is 30.9 Å². The lowest BCUT2D eigenvalue weighted by Gasteiger charge is -2.31.